The Labute approximate surface area is 211 Å². The molecule has 0 aliphatic heterocycles. The van der Waals surface area contributed by atoms with E-state index in [4.69, 9.17) is 16.3 Å². The lowest BCUT2D eigenvalue weighted by atomic mass is 10.2. The van der Waals surface area contributed by atoms with Crippen molar-refractivity contribution in [1.29, 1.82) is 0 Å². The standard InChI is InChI=1S/C24H28ClN4O4PS/c1-15(2)35(31,32)22-10-8-7-9-20(22)27-23-18(16(3)25)14-26-24(29-23)28-19-12-11-17(34(5,6)30)13-21(19)33-4/h7-15H,3H2,1-2,4-6H3,(H2,26,27,28,29). The topological polar surface area (TPSA) is 110 Å². The molecule has 0 unspecified atom stereocenters. The van der Waals surface area contributed by atoms with Crippen LogP contribution in [0.1, 0.15) is 19.4 Å². The molecule has 3 rings (SSSR count). The number of rotatable bonds is 9. The van der Waals surface area contributed by atoms with Crippen LogP contribution in [0.15, 0.2) is 60.1 Å². The van der Waals surface area contributed by atoms with Crippen molar-refractivity contribution in [3.63, 3.8) is 0 Å². The molecule has 0 radical (unpaired) electrons. The highest BCUT2D eigenvalue weighted by Gasteiger charge is 2.23. The molecule has 8 nitrogen and oxygen atoms in total. The van der Waals surface area contributed by atoms with Crippen LogP contribution in [-0.2, 0) is 14.4 Å². The fraction of sp³-hybridized carbons (Fsp3) is 0.250. The first-order valence-electron chi connectivity index (χ1n) is 10.7. The van der Waals surface area contributed by atoms with Gasteiger partial charge in [-0.05, 0) is 57.5 Å². The maximum Gasteiger partial charge on any atom is 0.229 e. The Kier molecular flexibility index (Phi) is 7.94. The summed E-state index contributed by atoms with van der Waals surface area (Å²) in [7, 11) is -4.52. The van der Waals surface area contributed by atoms with Gasteiger partial charge in [0.2, 0.25) is 5.95 Å². The number of nitrogens with one attached hydrogen (secondary N) is 2. The highest BCUT2D eigenvalue weighted by molar-refractivity contribution is 7.92. The van der Waals surface area contributed by atoms with Crippen LogP contribution in [0, 0.1) is 0 Å². The Morgan fingerprint density at radius 3 is 2.40 bits per heavy atom. The lowest BCUT2D eigenvalue weighted by Crippen LogP contribution is -2.16. The third kappa shape index (κ3) is 6.04. The lowest BCUT2D eigenvalue weighted by Gasteiger charge is -2.17. The van der Waals surface area contributed by atoms with Gasteiger partial charge in [0.15, 0.2) is 9.84 Å². The average Bonchev–Trinajstić information content (AvgIpc) is 2.78. The first-order valence-corrected chi connectivity index (χ1v) is 15.2. The van der Waals surface area contributed by atoms with Crippen LogP contribution in [0.3, 0.4) is 0 Å². The molecule has 2 aromatic carbocycles. The lowest BCUT2D eigenvalue weighted by molar-refractivity contribution is 0.417. The summed E-state index contributed by atoms with van der Waals surface area (Å²) in [5.41, 5.74) is 1.33. The van der Waals surface area contributed by atoms with Crippen molar-refractivity contribution in [3.8, 4) is 5.75 Å². The molecule has 11 heteroatoms. The molecule has 0 aliphatic carbocycles. The maximum atomic E-state index is 12.9. The summed E-state index contributed by atoms with van der Waals surface area (Å²) in [6.45, 7) is 10.4. The van der Waals surface area contributed by atoms with Crippen LogP contribution in [0.4, 0.5) is 23.1 Å². The zero-order valence-electron chi connectivity index (χ0n) is 20.2. The molecule has 1 heterocycles. The zero-order chi connectivity index (χ0) is 26.0. The van der Waals surface area contributed by atoms with Gasteiger partial charge in [-0.15, -0.1) is 0 Å². The second-order valence-electron chi connectivity index (χ2n) is 8.44. The van der Waals surface area contributed by atoms with Crippen molar-refractivity contribution >= 4 is 62.1 Å². The number of sulfone groups is 1. The number of para-hydroxylation sites is 1. The average molecular weight is 535 g/mol. The van der Waals surface area contributed by atoms with E-state index in [2.05, 4.69) is 27.2 Å². The largest absolute Gasteiger partial charge is 0.495 e. The van der Waals surface area contributed by atoms with E-state index in [1.54, 1.807) is 69.6 Å². The van der Waals surface area contributed by atoms with Crippen LogP contribution in [-0.4, -0.2) is 44.1 Å². The quantitative estimate of drug-likeness (QED) is 0.341. The van der Waals surface area contributed by atoms with Crippen LogP contribution in [0.5, 0.6) is 5.75 Å². The molecule has 2 N–H and O–H groups in total. The van der Waals surface area contributed by atoms with Crippen molar-refractivity contribution in [2.75, 3.05) is 31.1 Å². The fourth-order valence-corrected chi connectivity index (χ4v) is 5.38. The van der Waals surface area contributed by atoms with Gasteiger partial charge >= 0.3 is 0 Å². The summed E-state index contributed by atoms with van der Waals surface area (Å²) in [4.78, 5) is 8.97. The highest BCUT2D eigenvalue weighted by atomic mass is 35.5. The molecule has 0 aliphatic rings. The van der Waals surface area contributed by atoms with Gasteiger partial charge in [0.1, 0.15) is 18.7 Å². The summed E-state index contributed by atoms with van der Waals surface area (Å²) >= 11 is 6.18. The molecule has 0 fully saturated rings. The predicted octanol–water partition coefficient (Wildman–Crippen LogP) is 5.61. The predicted molar refractivity (Wildman–Crippen MR) is 144 cm³/mol. The van der Waals surface area contributed by atoms with E-state index in [9.17, 15) is 13.0 Å². The molecule has 0 atom stereocenters. The molecule has 35 heavy (non-hydrogen) atoms. The second kappa shape index (κ2) is 10.4. The van der Waals surface area contributed by atoms with E-state index in [1.165, 1.54) is 13.3 Å². The number of nitrogens with zero attached hydrogens (tertiary/aromatic N) is 2. The van der Waals surface area contributed by atoms with Crippen LogP contribution in [0.25, 0.3) is 5.03 Å². The van der Waals surface area contributed by atoms with Crippen LogP contribution >= 0.6 is 18.7 Å². The Balaban J connectivity index is 2.04. The van der Waals surface area contributed by atoms with Crippen molar-refractivity contribution in [2.24, 2.45) is 0 Å². The monoisotopic (exact) mass is 534 g/mol. The summed E-state index contributed by atoms with van der Waals surface area (Å²) < 4.78 is 43.7. The smallest absolute Gasteiger partial charge is 0.229 e. The molecule has 0 amide bonds. The number of ether oxygens (including phenoxy) is 1. The van der Waals surface area contributed by atoms with Gasteiger partial charge in [0.25, 0.3) is 0 Å². The van der Waals surface area contributed by atoms with Gasteiger partial charge in [-0.2, -0.15) is 4.98 Å². The van der Waals surface area contributed by atoms with E-state index in [0.29, 0.717) is 28.0 Å². The van der Waals surface area contributed by atoms with Crippen molar-refractivity contribution < 1.29 is 17.7 Å². The van der Waals surface area contributed by atoms with Gasteiger partial charge < -0.3 is 19.9 Å². The maximum absolute atomic E-state index is 12.9. The molecule has 1 aromatic heterocycles. The van der Waals surface area contributed by atoms with Gasteiger partial charge in [0, 0.05) is 16.5 Å². The van der Waals surface area contributed by atoms with Crippen molar-refractivity contribution in [1.82, 2.24) is 9.97 Å². The normalized spacial score (nSPS) is 11.9. The molecule has 0 spiro atoms. The second-order valence-corrected chi connectivity index (χ2v) is 14.6. The molecule has 186 valence electrons. The molecule has 3 aromatic rings. The van der Waals surface area contributed by atoms with Crippen LogP contribution < -0.4 is 20.7 Å². The Morgan fingerprint density at radius 2 is 1.80 bits per heavy atom. The number of hydrogen-bond donors (Lipinski definition) is 2. The Hall–Kier alpha value is -2.87. The van der Waals surface area contributed by atoms with Gasteiger partial charge in [-0.3, -0.25) is 0 Å². The minimum absolute atomic E-state index is 0.148. The SMILES string of the molecule is C=C(Cl)c1cnc(Nc2ccc(P(C)(C)=O)cc2OC)nc1Nc1ccccc1S(=O)(=O)C(C)C. The number of benzene rings is 2. The molecule has 0 bridgehead atoms. The third-order valence-corrected chi connectivity index (χ3v) is 9.14. The number of anilines is 4. The number of methoxy groups -OCH3 is 1. The first kappa shape index (κ1) is 26.7. The Bertz CT molecular complexity index is 1420. The van der Waals surface area contributed by atoms with Crippen molar-refractivity contribution in [3.05, 3.63) is 60.8 Å². The van der Waals surface area contributed by atoms with Crippen molar-refractivity contribution in [2.45, 2.75) is 24.0 Å². The van der Waals surface area contributed by atoms with E-state index < -0.39 is 22.2 Å². The third-order valence-electron chi connectivity index (χ3n) is 5.20. The first-order chi connectivity index (χ1) is 16.3. The van der Waals surface area contributed by atoms with Gasteiger partial charge in [-0.1, -0.05) is 30.3 Å². The summed E-state index contributed by atoms with van der Waals surface area (Å²) in [6.07, 6.45) is 1.49. The van der Waals surface area contributed by atoms with E-state index in [-0.39, 0.29) is 21.7 Å². The van der Waals surface area contributed by atoms with Crippen LogP contribution in [0.2, 0.25) is 0 Å². The number of aromatic nitrogens is 2. The number of halogens is 1. The van der Waals surface area contributed by atoms with E-state index in [1.807, 2.05) is 0 Å². The minimum Gasteiger partial charge on any atom is -0.495 e. The summed E-state index contributed by atoms with van der Waals surface area (Å²) in [6, 6.07) is 11.8. The molecule has 0 saturated carbocycles. The van der Waals surface area contributed by atoms with Gasteiger partial charge in [0.05, 0.1) is 34.2 Å². The highest BCUT2D eigenvalue weighted by Crippen LogP contribution is 2.38. The Morgan fingerprint density at radius 1 is 1.11 bits per heavy atom. The minimum atomic E-state index is -3.56. The summed E-state index contributed by atoms with van der Waals surface area (Å²) in [5, 5.41) is 6.44. The van der Waals surface area contributed by atoms with Gasteiger partial charge in [-0.25, -0.2) is 13.4 Å². The molecule has 0 saturated heterocycles. The summed E-state index contributed by atoms with van der Waals surface area (Å²) in [5.74, 6) is 0.959. The molecular weight excluding hydrogens is 507 g/mol. The fourth-order valence-electron chi connectivity index (χ4n) is 3.17. The van der Waals surface area contributed by atoms with E-state index in [0.717, 1.165) is 0 Å². The van der Waals surface area contributed by atoms with E-state index >= 15 is 0 Å². The molecular formula is C24H28ClN4O4PS. The zero-order valence-corrected chi connectivity index (χ0v) is 22.6. The number of hydrogen-bond acceptors (Lipinski definition) is 8.